The van der Waals surface area contributed by atoms with Gasteiger partial charge in [0.1, 0.15) is 0 Å². The summed E-state index contributed by atoms with van der Waals surface area (Å²) in [6.07, 6.45) is 8.86. The van der Waals surface area contributed by atoms with Crippen molar-refractivity contribution in [2.75, 3.05) is 0 Å². The molecule has 2 heteroatoms. The van der Waals surface area contributed by atoms with Gasteiger partial charge in [0, 0.05) is 6.20 Å². The first kappa shape index (κ1) is 9.72. The summed E-state index contributed by atoms with van der Waals surface area (Å²) in [5.41, 5.74) is 0.818. The van der Waals surface area contributed by atoms with Crippen molar-refractivity contribution in [3.8, 4) is 0 Å². The molecular formula is C9H14N2. The molecule has 60 valence electrons. The Labute approximate surface area is 68.0 Å². The van der Waals surface area contributed by atoms with Crippen molar-refractivity contribution in [3.63, 3.8) is 0 Å². The van der Waals surface area contributed by atoms with Crippen molar-refractivity contribution in [1.82, 2.24) is 5.01 Å². The Morgan fingerprint density at radius 1 is 1.45 bits per heavy atom. The molecule has 0 bridgehead atoms. The monoisotopic (exact) mass is 150 g/mol. The van der Waals surface area contributed by atoms with Crippen molar-refractivity contribution in [3.05, 3.63) is 49.4 Å². The summed E-state index contributed by atoms with van der Waals surface area (Å²) in [6.45, 7) is 9.07. The van der Waals surface area contributed by atoms with E-state index in [1.807, 2.05) is 25.2 Å². The van der Waals surface area contributed by atoms with Crippen LogP contribution >= 0.6 is 0 Å². The number of hydrogen-bond acceptors (Lipinski definition) is 2. The molecule has 0 heterocycles. The summed E-state index contributed by atoms with van der Waals surface area (Å²) >= 11 is 0. The molecule has 0 amide bonds. The van der Waals surface area contributed by atoms with E-state index >= 15 is 0 Å². The molecule has 0 aromatic rings. The second-order valence-electron chi connectivity index (χ2n) is 1.91. The largest absolute Gasteiger partial charge is 0.288 e. The second-order valence-corrected chi connectivity index (χ2v) is 1.91. The molecule has 0 fully saturated rings. The van der Waals surface area contributed by atoms with Crippen molar-refractivity contribution >= 4 is 0 Å². The molecule has 0 aliphatic heterocycles. The summed E-state index contributed by atoms with van der Waals surface area (Å²) in [6, 6.07) is 0. The van der Waals surface area contributed by atoms with Crippen LogP contribution < -0.4 is 5.84 Å². The molecule has 0 aromatic heterocycles. The molecule has 0 spiro atoms. The molecule has 0 aliphatic carbocycles. The minimum atomic E-state index is 0.818. The van der Waals surface area contributed by atoms with E-state index in [1.54, 1.807) is 6.08 Å². The molecule has 0 unspecified atom stereocenters. The summed E-state index contributed by atoms with van der Waals surface area (Å²) in [7, 11) is 0. The highest BCUT2D eigenvalue weighted by atomic mass is 15.4. The smallest absolute Gasteiger partial charge is 0.0561 e. The van der Waals surface area contributed by atoms with Crippen LogP contribution in [0.4, 0.5) is 0 Å². The quantitative estimate of drug-likeness (QED) is 0.377. The second kappa shape index (κ2) is 5.50. The van der Waals surface area contributed by atoms with Gasteiger partial charge in [0.25, 0.3) is 0 Å². The van der Waals surface area contributed by atoms with Crippen LogP contribution in [0.5, 0.6) is 0 Å². The predicted molar refractivity (Wildman–Crippen MR) is 49.3 cm³/mol. The van der Waals surface area contributed by atoms with Crippen LogP contribution in [0.3, 0.4) is 0 Å². The van der Waals surface area contributed by atoms with E-state index in [0.717, 1.165) is 5.70 Å². The van der Waals surface area contributed by atoms with Crippen LogP contribution in [0.2, 0.25) is 0 Å². The highest BCUT2D eigenvalue weighted by Crippen LogP contribution is 1.99. The third-order valence-electron chi connectivity index (χ3n) is 1.16. The van der Waals surface area contributed by atoms with Gasteiger partial charge in [-0.3, -0.25) is 5.01 Å². The number of hydrogen-bond donors (Lipinski definition) is 1. The van der Waals surface area contributed by atoms with Gasteiger partial charge >= 0.3 is 0 Å². The van der Waals surface area contributed by atoms with Crippen LogP contribution in [0, 0.1) is 0 Å². The molecule has 2 nitrogen and oxygen atoms in total. The number of rotatable bonds is 4. The molecule has 0 radical (unpaired) electrons. The van der Waals surface area contributed by atoms with Gasteiger partial charge in [-0.05, 0) is 19.1 Å². The molecule has 2 N–H and O–H groups in total. The normalized spacial score (nSPS) is 11.6. The van der Waals surface area contributed by atoms with Crippen LogP contribution in [-0.2, 0) is 0 Å². The lowest BCUT2D eigenvalue weighted by molar-refractivity contribution is 0.510. The SMILES string of the molecule is C=C/C(=C\C=C/C)N(N)C=C. The number of nitrogens with zero attached hydrogens (tertiary/aromatic N) is 1. The summed E-state index contributed by atoms with van der Waals surface area (Å²) in [5, 5.41) is 1.41. The van der Waals surface area contributed by atoms with Crippen LogP contribution in [-0.4, -0.2) is 5.01 Å². The maximum atomic E-state index is 5.51. The first-order valence-electron chi connectivity index (χ1n) is 3.38. The summed E-state index contributed by atoms with van der Waals surface area (Å²) in [4.78, 5) is 0. The zero-order valence-electron chi connectivity index (χ0n) is 6.83. The van der Waals surface area contributed by atoms with Crippen LogP contribution in [0.25, 0.3) is 0 Å². The minimum Gasteiger partial charge on any atom is -0.288 e. The first-order valence-corrected chi connectivity index (χ1v) is 3.38. The zero-order chi connectivity index (χ0) is 8.69. The minimum absolute atomic E-state index is 0.818. The lowest BCUT2D eigenvalue weighted by atomic mass is 10.3. The van der Waals surface area contributed by atoms with Gasteiger partial charge in [-0.2, -0.15) is 0 Å². The number of allylic oxidation sites excluding steroid dienone is 4. The maximum absolute atomic E-state index is 5.51. The van der Waals surface area contributed by atoms with Crippen LogP contribution in [0.1, 0.15) is 6.92 Å². The average molecular weight is 150 g/mol. The Hall–Kier alpha value is -1.28. The average Bonchev–Trinajstić information content (AvgIpc) is 2.05. The predicted octanol–water partition coefficient (Wildman–Crippen LogP) is 1.95. The highest BCUT2D eigenvalue weighted by molar-refractivity contribution is 5.21. The third-order valence-corrected chi connectivity index (χ3v) is 1.16. The fourth-order valence-electron chi connectivity index (χ4n) is 0.560. The highest BCUT2D eigenvalue weighted by Gasteiger charge is 1.91. The fourth-order valence-corrected chi connectivity index (χ4v) is 0.560. The summed E-state index contributed by atoms with van der Waals surface area (Å²) in [5.74, 6) is 5.51. The Balaban J connectivity index is 4.37. The molecule has 0 saturated carbocycles. The van der Waals surface area contributed by atoms with Crippen molar-refractivity contribution in [1.29, 1.82) is 0 Å². The van der Waals surface area contributed by atoms with Gasteiger partial charge in [0.05, 0.1) is 5.70 Å². The summed E-state index contributed by atoms with van der Waals surface area (Å²) < 4.78 is 0. The van der Waals surface area contributed by atoms with E-state index in [2.05, 4.69) is 13.2 Å². The van der Waals surface area contributed by atoms with Crippen LogP contribution in [0.15, 0.2) is 49.4 Å². The van der Waals surface area contributed by atoms with Gasteiger partial charge in [-0.25, -0.2) is 5.84 Å². The molecule has 0 aromatic carbocycles. The zero-order valence-corrected chi connectivity index (χ0v) is 6.83. The molecule has 0 saturated heterocycles. The maximum Gasteiger partial charge on any atom is 0.0561 e. The molecular weight excluding hydrogens is 136 g/mol. The van der Waals surface area contributed by atoms with E-state index in [0.29, 0.717) is 0 Å². The lowest BCUT2D eigenvalue weighted by Crippen LogP contribution is -2.22. The van der Waals surface area contributed by atoms with E-state index in [1.165, 1.54) is 11.2 Å². The Bertz CT molecular complexity index is 190. The lowest BCUT2D eigenvalue weighted by Gasteiger charge is -2.12. The van der Waals surface area contributed by atoms with E-state index in [4.69, 9.17) is 5.84 Å². The molecule has 0 atom stereocenters. The fraction of sp³-hybridized carbons (Fsp3) is 0.111. The third kappa shape index (κ3) is 3.43. The topological polar surface area (TPSA) is 29.3 Å². The van der Waals surface area contributed by atoms with Crippen molar-refractivity contribution in [2.45, 2.75) is 6.92 Å². The molecule has 0 aliphatic rings. The van der Waals surface area contributed by atoms with Crippen molar-refractivity contribution in [2.24, 2.45) is 5.84 Å². The first-order chi connectivity index (χ1) is 5.26. The molecule has 11 heavy (non-hydrogen) atoms. The van der Waals surface area contributed by atoms with Crippen molar-refractivity contribution < 1.29 is 0 Å². The number of nitrogens with two attached hydrogens (primary N) is 1. The van der Waals surface area contributed by atoms with E-state index < -0.39 is 0 Å². The Morgan fingerprint density at radius 2 is 2.09 bits per heavy atom. The number of hydrazine groups is 1. The van der Waals surface area contributed by atoms with Gasteiger partial charge in [0.2, 0.25) is 0 Å². The van der Waals surface area contributed by atoms with E-state index in [9.17, 15) is 0 Å². The van der Waals surface area contributed by atoms with Gasteiger partial charge in [-0.15, -0.1) is 0 Å². The Morgan fingerprint density at radius 3 is 2.45 bits per heavy atom. The Kier molecular flexibility index (Phi) is 4.86. The molecule has 0 rings (SSSR count). The van der Waals surface area contributed by atoms with E-state index in [-0.39, 0.29) is 0 Å². The van der Waals surface area contributed by atoms with Gasteiger partial charge in [-0.1, -0.05) is 25.3 Å². The van der Waals surface area contributed by atoms with Gasteiger partial charge in [0.15, 0.2) is 0 Å². The van der Waals surface area contributed by atoms with Gasteiger partial charge < -0.3 is 0 Å². The standard InChI is InChI=1S/C9H14N2/c1-4-7-8-9(5-2)11(10)6-3/h4-8H,2-3,10H2,1H3/b7-4-,9-8+.